The topological polar surface area (TPSA) is 20.2 Å². The lowest BCUT2D eigenvalue weighted by Crippen LogP contribution is -2.17. The summed E-state index contributed by atoms with van der Waals surface area (Å²) in [7, 11) is 0. The Hall–Kier alpha value is -0.560. The Morgan fingerprint density at radius 1 is 1.62 bits per heavy atom. The number of aliphatic hydroxyl groups is 1. The van der Waals surface area contributed by atoms with Gasteiger partial charge in [-0.25, -0.2) is 0 Å². The van der Waals surface area contributed by atoms with E-state index < -0.39 is 0 Å². The minimum Gasteiger partial charge on any atom is -0.389 e. The molecule has 1 unspecified atom stereocenters. The smallest absolute Gasteiger partial charge is 0.0755 e. The van der Waals surface area contributed by atoms with Crippen molar-refractivity contribution >= 4 is 0 Å². The van der Waals surface area contributed by atoms with Crippen LogP contribution in [0.2, 0.25) is 0 Å². The largest absolute Gasteiger partial charge is 0.389 e. The van der Waals surface area contributed by atoms with E-state index in [2.05, 4.69) is 32.9 Å². The van der Waals surface area contributed by atoms with Gasteiger partial charge in [0.2, 0.25) is 0 Å². The normalized spacial score (nSPS) is 25.1. The molecule has 0 aromatic carbocycles. The second-order valence-corrected chi connectivity index (χ2v) is 4.03. The van der Waals surface area contributed by atoms with Crippen molar-refractivity contribution in [1.82, 2.24) is 0 Å². The van der Waals surface area contributed by atoms with Crippen LogP contribution in [0.3, 0.4) is 0 Å². The van der Waals surface area contributed by atoms with E-state index in [1.165, 1.54) is 11.1 Å². The minimum absolute atomic E-state index is 0.219. The molecule has 0 amide bonds. The third-order valence-electron chi connectivity index (χ3n) is 2.70. The van der Waals surface area contributed by atoms with E-state index in [4.69, 9.17) is 0 Å². The molecule has 0 fully saturated rings. The third kappa shape index (κ3) is 2.70. The Morgan fingerprint density at radius 3 is 2.92 bits per heavy atom. The maximum absolute atomic E-state index is 9.87. The van der Waals surface area contributed by atoms with Gasteiger partial charge in [0, 0.05) is 0 Å². The summed E-state index contributed by atoms with van der Waals surface area (Å²) in [4.78, 5) is 0. The third-order valence-corrected chi connectivity index (χ3v) is 2.70. The van der Waals surface area contributed by atoms with Crippen LogP contribution < -0.4 is 0 Å². The fourth-order valence-electron chi connectivity index (χ4n) is 1.83. The highest BCUT2D eigenvalue weighted by molar-refractivity contribution is 5.30. The molecule has 13 heavy (non-hydrogen) atoms. The zero-order valence-electron chi connectivity index (χ0n) is 8.88. The van der Waals surface area contributed by atoms with Crippen LogP contribution in [0.25, 0.3) is 0 Å². The Labute approximate surface area is 81.2 Å². The van der Waals surface area contributed by atoms with E-state index in [1.54, 1.807) is 0 Å². The van der Waals surface area contributed by atoms with E-state index in [0.29, 0.717) is 5.92 Å². The van der Waals surface area contributed by atoms with Crippen molar-refractivity contribution in [2.24, 2.45) is 5.92 Å². The molecule has 0 bridgehead atoms. The second kappa shape index (κ2) is 4.61. The molecule has 1 nitrogen and oxygen atoms in total. The van der Waals surface area contributed by atoms with Gasteiger partial charge in [-0.3, -0.25) is 0 Å². The molecule has 0 aromatic heterocycles. The maximum atomic E-state index is 9.87. The molecule has 1 aliphatic rings. The summed E-state index contributed by atoms with van der Waals surface area (Å²) < 4.78 is 0. The van der Waals surface area contributed by atoms with E-state index in [-0.39, 0.29) is 6.10 Å². The lowest BCUT2D eigenvalue weighted by molar-refractivity contribution is 0.186. The van der Waals surface area contributed by atoms with Crippen molar-refractivity contribution < 1.29 is 5.11 Å². The molecule has 0 aliphatic heterocycles. The highest BCUT2D eigenvalue weighted by Gasteiger charge is 2.18. The predicted octanol–water partition coefficient (Wildman–Crippen LogP) is 3.06. The summed E-state index contributed by atoms with van der Waals surface area (Å²) >= 11 is 0. The molecular formula is C12H20O. The molecule has 0 heterocycles. The Kier molecular flexibility index (Phi) is 3.73. The van der Waals surface area contributed by atoms with Gasteiger partial charge in [0.1, 0.15) is 0 Å². The molecule has 1 rings (SSSR count). The van der Waals surface area contributed by atoms with Crippen molar-refractivity contribution in [2.45, 2.75) is 46.1 Å². The summed E-state index contributed by atoms with van der Waals surface area (Å²) in [6.45, 7) is 6.40. The van der Waals surface area contributed by atoms with E-state index in [1.807, 2.05) is 0 Å². The van der Waals surface area contributed by atoms with E-state index in [0.717, 1.165) is 19.3 Å². The molecule has 0 spiro atoms. The maximum Gasteiger partial charge on any atom is 0.0755 e. The van der Waals surface area contributed by atoms with Crippen LogP contribution in [-0.2, 0) is 0 Å². The molecule has 0 aromatic rings. The first-order valence-electron chi connectivity index (χ1n) is 5.21. The first-order valence-corrected chi connectivity index (χ1v) is 5.21. The first-order chi connectivity index (χ1) is 6.15. The molecule has 0 saturated heterocycles. The summed E-state index contributed by atoms with van der Waals surface area (Å²) in [6, 6.07) is 0. The standard InChI is InChI=1S/C12H20O/c1-4-5-12(13)11-8-9(2)6-7-10(11)3/h6,8,10,12-13H,4-5,7H2,1-3H3/t10?,12-/m1/s1. The Balaban J connectivity index is 2.70. The average molecular weight is 180 g/mol. The number of hydrogen-bond donors (Lipinski definition) is 1. The lowest BCUT2D eigenvalue weighted by atomic mass is 9.86. The van der Waals surface area contributed by atoms with Gasteiger partial charge in [0.25, 0.3) is 0 Å². The van der Waals surface area contributed by atoms with Crippen LogP contribution in [0, 0.1) is 5.92 Å². The quantitative estimate of drug-likeness (QED) is 0.707. The van der Waals surface area contributed by atoms with Crippen LogP contribution >= 0.6 is 0 Å². The zero-order chi connectivity index (χ0) is 9.84. The molecule has 0 radical (unpaired) electrons. The zero-order valence-corrected chi connectivity index (χ0v) is 8.88. The minimum atomic E-state index is -0.219. The molecular weight excluding hydrogens is 160 g/mol. The van der Waals surface area contributed by atoms with Crippen LogP contribution in [0.5, 0.6) is 0 Å². The fourth-order valence-corrected chi connectivity index (χ4v) is 1.83. The number of hydrogen-bond acceptors (Lipinski definition) is 1. The highest BCUT2D eigenvalue weighted by Crippen LogP contribution is 2.27. The summed E-state index contributed by atoms with van der Waals surface area (Å²) in [6.07, 6.45) is 7.20. The van der Waals surface area contributed by atoms with Gasteiger partial charge in [-0.15, -0.1) is 0 Å². The molecule has 2 atom stereocenters. The molecule has 74 valence electrons. The molecule has 1 N–H and O–H groups in total. The highest BCUT2D eigenvalue weighted by atomic mass is 16.3. The van der Waals surface area contributed by atoms with E-state index >= 15 is 0 Å². The van der Waals surface area contributed by atoms with Crippen molar-refractivity contribution in [3.63, 3.8) is 0 Å². The lowest BCUT2D eigenvalue weighted by Gasteiger charge is -2.23. The van der Waals surface area contributed by atoms with Crippen LogP contribution in [-0.4, -0.2) is 11.2 Å². The average Bonchev–Trinajstić information content (AvgIpc) is 2.09. The number of rotatable bonds is 3. The van der Waals surface area contributed by atoms with Gasteiger partial charge in [0.15, 0.2) is 0 Å². The fraction of sp³-hybridized carbons (Fsp3) is 0.667. The second-order valence-electron chi connectivity index (χ2n) is 4.03. The SMILES string of the molecule is CCC[C@@H](O)C1=CC(C)=CCC1C. The van der Waals surface area contributed by atoms with Crippen molar-refractivity contribution in [2.75, 3.05) is 0 Å². The van der Waals surface area contributed by atoms with Gasteiger partial charge in [0.05, 0.1) is 6.10 Å². The summed E-state index contributed by atoms with van der Waals surface area (Å²) in [5.41, 5.74) is 2.52. The van der Waals surface area contributed by atoms with Crippen LogP contribution in [0.4, 0.5) is 0 Å². The van der Waals surface area contributed by atoms with Gasteiger partial charge >= 0.3 is 0 Å². The van der Waals surface area contributed by atoms with Crippen LogP contribution in [0.1, 0.15) is 40.0 Å². The Morgan fingerprint density at radius 2 is 2.31 bits per heavy atom. The number of allylic oxidation sites excluding steroid dienone is 3. The Bertz CT molecular complexity index is 225. The van der Waals surface area contributed by atoms with Crippen LogP contribution in [0.15, 0.2) is 23.3 Å². The van der Waals surface area contributed by atoms with Gasteiger partial charge in [-0.05, 0) is 31.3 Å². The van der Waals surface area contributed by atoms with Gasteiger partial charge < -0.3 is 5.11 Å². The summed E-state index contributed by atoms with van der Waals surface area (Å²) in [5, 5.41) is 9.87. The summed E-state index contributed by atoms with van der Waals surface area (Å²) in [5.74, 6) is 0.519. The predicted molar refractivity (Wildman–Crippen MR) is 56.5 cm³/mol. The monoisotopic (exact) mass is 180 g/mol. The van der Waals surface area contributed by atoms with Gasteiger partial charge in [-0.2, -0.15) is 0 Å². The van der Waals surface area contributed by atoms with E-state index in [9.17, 15) is 5.11 Å². The van der Waals surface area contributed by atoms with Gasteiger partial charge in [-0.1, -0.05) is 38.0 Å². The van der Waals surface area contributed by atoms with Crippen molar-refractivity contribution in [3.8, 4) is 0 Å². The van der Waals surface area contributed by atoms with Crippen molar-refractivity contribution in [1.29, 1.82) is 0 Å². The van der Waals surface area contributed by atoms with Crippen molar-refractivity contribution in [3.05, 3.63) is 23.3 Å². The number of aliphatic hydroxyl groups excluding tert-OH is 1. The molecule has 1 heteroatoms. The first kappa shape index (κ1) is 10.5. The molecule has 0 saturated carbocycles. The molecule has 1 aliphatic carbocycles.